The Labute approximate surface area is 335 Å². The fourth-order valence-electron chi connectivity index (χ4n) is 8.50. The topological polar surface area (TPSA) is 8.17 Å². The number of hydrogen-bond acceptors (Lipinski definition) is 2. The van der Waals surface area contributed by atoms with Gasteiger partial charge in [0.05, 0.1) is 16.7 Å². The predicted molar refractivity (Wildman–Crippen MR) is 245 cm³/mol. The largest absolute Gasteiger partial charge is 0.310 e. The highest BCUT2D eigenvalue weighted by Gasteiger charge is 2.20. The van der Waals surface area contributed by atoms with Gasteiger partial charge < -0.3 is 9.47 Å². The summed E-state index contributed by atoms with van der Waals surface area (Å²) in [5.74, 6) is 0. The van der Waals surface area contributed by atoms with E-state index in [2.05, 4.69) is 228 Å². The van der Waals surface area contributed by atoms with Crippen LogP contribution in [0, 0.1) is 0 Å². The molecule has 3 heteroatoms. The highest BCUT2D eigenvalue weighted by Crippen LogP contribution is 2.45. The number of thiophene rings is 1. The van der Waals surface area contributed by atoms with Gasteiger partial charge in [-0.1, -0.05) is 146 Å². The minimum atomic E-state index is 1.11. The summed E-state index contributed by atoms with van der Waals surface area (Å²) >= 11 is 1.85. The second kappa shape index (κ2) is 13.8. The zero-order valence-electron chi connectivity index (χ0n) is 31.1. The van der Waals surface area contributed by atoms with E-state index < -0.39 is 0 Å². The Bertz CT molecular complexity index is 3230. The molecule has 9 aromatic carbocycles. The van der Waals surface area contributed by atoms with Crippen molar-refractivity contribution in [1.82, 2.24) is 4.57 Å². The maximum atomic E-state index is 2.42. The molecule has 57 heavy (non-hydrogen) atoms. The van der Waals surface area contributed by atoms with Crippen molar-refractivity contribution >= 4 is 70.4 Å². The molecule has 2 heterocycles. The summed E-state index contributed by atoms with van der Waals surface area (Å²) in [7, 11) is 0. The third kappa shape index (κ3) is 5.80. The predicted octanol–water partition coefficient (Wildman–Crippen LogP) is 15.6. The molecular formula is C54H36N2S. The molecule has 0 saturated carbocycles. The number of para-hydroxylation sites is 3. The average Bonchev–Trinajstić information content (AvgIpc) is 3.83. The van der Waals surface area contributed by atoms with E-state index >= 15 is 0 Å². The standard InChI is InChI=1S/C54H36N2S/c1-3-14-37(15-4-1)38-26-29-43(30-27-38)55(44-31-33-54-49(36-44)48-22-9-12-25-53(48)57-54)50-23-10-7-20-45(50)41-17-13-16-39(34-41)40-28-32-47-46-21-8-11-24-51(46)56(52(47)35-40)42-18-5-2-6-19-42/h1-36H. The molecule has 0 N–H and O–H groups in total. The van der Waals surface area contributed by atoms with E-state index in [1.807, 2.05) is 11.3 Å². The average molecular weight is 745 g/mol. The second-order valence-electron chi connectivity index (χ2n) is 14.5. The molecule has 268 valence electrons. The molecule has 0 aliphatic carbocycles. The van der Waals surface area contributed by atoms with Gasteiger partial charge >= 0.3 is 0 Å². The van der Waals surface area contributed by atoms with Crippen LogP contribution in [0.5, 0.6) is 0 Å². The van der Waals surface area contributed by atoms with Gasteiger partial charge in [-0.25, -0.2) is 0 Å². The van der Waals surface area contributed by atoms with Crippen LogP contribution in [0.25, 0.3) is 81.0 Å². The first-order chi connectivity index (χ1) is 28.3. The lowest BCUT2D eigenvalue weighted by atomic mass is 9.96. The quantitative estimate of drug-likeness (QED) is 0.158. The van der Waals surface area contributed by atoms with Crippen molar-refractivity contribution in [1.29, 1.82) is 0 Å². The number of nitrogens with zero attached hydrogens (tertiary/aromatic N) is 2. The van der Waals surface area contributed by atoms with Crippen LogP contribution in [0.15, 0.2) is 218 Å². The lowest BCUT2D eigenvalue weighted by Gasteiger charge is -2.28. The summed E-state index contributed by atoms with van der Waals surface area (Å²) in [6, 6.07) is 79.4. The van der Waals surface area contributed by atoms with Gasteiger partial charge in [-0.15, -0.1) is 11.3 Å². The molecule has 0 aliphatic rings. The molecule has 0 fully saturated rings. The molecule has 0 amide bonds. The summed E-state index contributed by atoms with van der Waals surface area (Å²) in [5.41, 5.74) is 14.0. The summed E-state index contributed by atoms with van der Waals surface area (Å²) in [5, 5.41) is 5.09. The Hall–Kier alpha value is -7.20. The molecule has 2 nitrogen and oxygen atoms in total. The maximum absolute atomic E-state index is 2.42. The van der Waals surface area contributed by atoms with E-state index in [0.29, 0.717) is 0 Å². The van der Waals surface area contributed by atoms with Crippen LogP contribution < -0.4 is 4.90 Å². The number of hydrogen-bond donors (Lipinski definition) is 0. The molecule has 0 saturated heterocycles. The lowest BCUT2D eigenvalue weighted by Crippen LogP contribution is -2.11. The molecule has 0 radical (unpaired) electrons. The highest BCUT2D eigenvalue weighted by atomic mass is 32.1. The van der Waals surface area contributed by atoms with Gasteiger partial charge in [0.25, 0.3) is 0 Å². The lowest BCUT2D eigenvalue weighted by molar-refractivity contribution is 1.18. The van der Waals surface area contributed by atoms with Crippen LogP contribution in [-0.4, -0.2) is 4.57 Å². The Morgan fingerprint density at radius 1 is 0.333 bits per heavy atom. The molecule has 2 aromatic heterocycles. The van der Waals surface area contributed by atoms with Crippen molar-refractivity contribution in [3.8, 4) is 39.1 Å². The first kappa shape index (κ1) is 33.2. The van der Waals surface area contributed by atoms with Gasteiger partial charge in [0, 0.05) is 53.6 Å². The van der Waals surface area contributed by atoms with E-state index in [4.69, 9.17) is 0 Å². The van der Waals surface area contributed by atoms with E-state index in [-0.39, 0.29) is 0 Å². The van der Waals surface area contributed by atoms with Crippen LogP contribution in [-0.2, 0) is 0 Å². The van der Waals surface area contributed by atoms with E-state index in [1.54, 1.807) is 0 Å². The van der Waals surface area contributed by atoms with Crippen molar-refractivity contribution in [3.63, 3.8) is 0 Å². The molecule has 0 atom stereocenters. The third-order valence-electron chi connectivity index (χ3n) is 11.2. The molecule has 11 rings (SSSR count). The smallest absolute Gasteiger partial charge is 0.0547 e. The second-order valence-corrected chi connectivity index (χ2v) is 15.6. The maximum Gasteiger partial charge on any atom is 0.0547 e. The molecule has 0 unspecified atom stereocenters. The molecule has 0 bridgehead atoms. The fourth-order valence-corrected chi connectivity index (χ4v) is 9.58. The first-order valence-electron chi connectivity index (χ1n) is 19.4. The summed E-state index contributed by atoms with van der Waals surface area (Å²) in [6.45, 7) is 0. The third-order valence-corrected chi connectivity index (χ3v) is 12.3. The van der Waals surface area contributed by atoms with Crippen LogP contribution in [0.1, 0.15) is 0 Å². The normalized spacial score (nSPS) is 11.5. The minimum absolute atomic E-state index is 1.11. The van der Waals surface area contributed by atoms with Crippen molar-refractivity contribution in [2.45, 2.75) is 0 Å². The van der Waals surface area contributed by atoms with Gasteiger partial charge in [0.1, 0.15) is 0 Å². The van der Waals surface area contributed by atoms with Crippen molar-refractivity contribution in [2.75, 3.05) is 4.90 Å². The number of anilines is 3. The van der Waals surface area contributed by atoms with Crippen molar-refractivity contribution < 1.29 is 0 Å². The summed E-state index contributed by atoms with van der Waals surface area (Å²) in [6.07, 6.45) is 0. The summed E-state index contributed by atoms with van der Waals surface area (Å²) < 4.78 is 4.99. The number of aromatic nitrogens is 1. The van der Waals surface area contributed by atoms with Crippen LogP contribution in [0.3, 0.4) is 0 Å². The van der Waals surface area contributed by atoms with E-state index in [1.165, 1.54) is 75.4 Å². The van der Waals surface area contributed by atoms with Crippen LogP contribution >= 0.6 is 11.3 Å². The zero-order valence-corrected chi connectivity index (χ0v) is 31.9. The molecule has 0 aliphatic heterocycles. The Kier molecular flexibility index (Phi) is 8.04. The molecular weight excluding hydrogens is 709 g/mol. The number of rotatable bonds is 7. The van der Waals surface area contributed by atoms with Crippen molar-refractivity contribution in [3.05, 3.63) is 218 Å². The molecule has 0 spiro atoms. The van der Waals surface area contributed by atoms with Crippen LogP contribution in [0.4, 0.5) is 17.1 Å². The van der Waals surface area contributed by atoms with Gasteiger partial charge in [0.15, 0.2) is 0 Å². The fraction of sp³-hybridized carbons (Fsp3) is 0. The minimum Gasteiger partial charge on any atom is -0.310 e. The van der Waals surface area contributed by atoms with Crippen molar-refractivity contribution in [2.24, 2.45) is 0 Å². The Morgan fingerprint density at radius 3 is 1.79 bits per heavy atom. The van der Waals surface area contributed by atoms with Gasteiger partial charge in [-0.05, 0) is 101 Å². The zero-order chi connectivity index (χ0) is 37.7. The highest BCUT2D eigenvalue weighted by molar-refractivity contribution is 7.25. The SMILES string of the molecule is c1ccc(-c2ccc(N(c3ccc4sc5ccccc5c4c3)c3ccccc3-c3cccc(-c4ccc5c6ccccc6n(-c6ccccc6)c5c4)c3)cc2)cc1. The first-order valence-corrected chi connectivity index (χ1v) is 20.2. The number of benzene rings is 9. The van der Waals surface area contributed by atoms with Gasteiger partial charge in [-0.3, -0.25) is 0 Å². The van der Waals surface area contributed by atoms with E-state index in [0.717, 1.165) is 22.7 Å². The van der Waals surface area contributed by atoms with Gasteiger partial charge in [0.2, 0.25) is 0 Å². The van der Waals surface area contributed by atoms with Crippen LogP contribution in [0.2, 0.25) is 0 Å². The van der Waals surface area contributed by atoms with Gasteiger partial charge in [-0.2, -0.15) is 0 Å². The number of fused-ring (bicyclic) bond motifs is 6. The Morgan fingerprint density at radius 2 is 0.930 bits per heavy atom. The summed E-state index contributed by atoms with van der Waals surface area (Å²) in [4.78, 5) is 2.42. The monoisotopic (exact) mass is 744 g/mol. The Balaban J connectivity index is 1.06. The molecule has 11 aromatic rings. The van der Waals surface area contributed by atoms with E-state index in [9.17, 15) is 0 Å².